The number of aryl methyl sites for hydroxylation is 2. The van der Waals surface area contributed by atoms with Crippen molar-refractivity contribution < 1.29 is 12.9 Å². The van der Waals surface area contributed by atoms with Crippen LogP contribution in [0.15, 0.2) is 4.52 Å². The average molecular weight is 305 g/mol. The zero-order valence-electron chi connectivity index (χ0n) is 11.4. The van der Waals surface area contributed by atoms with Gasteiger partial charge >= 0.3 is 0 Å². The van der Waals surface area contributed by atoms with E-state index in [0.717, 1.165) is 5.56 Å². The smallest absolute Gasteiger partial charge is 0.221 e. The molecule has 6 nitrogen and oxygen atoms in total. The summed E-state index contributed by atoms with van der Waals surface area (Å²) in [5.74, 6) is 0.594. The van der Waals surface area contributed by atoms with Gasteiger partial charge in [-0.15, -0.1) is 0 Å². The number of hydrogen-bond donors (Lipinski definition) is 2. The first-order valence-electron chi connectivity index (χ1n) is 5.93. The van der Waals surface area contributed by atoms with Crippen molar-refractivity contribution in [1.29, 1.82) is 0 Å². The molecule has 1 aromatic heterocycles. The minimum Gasteiger partial charge on any atom is -0.392 e. The molecule has 0 spiro atoms. The molecule has 0 radical (unpaired) electrons. The Bertz CT molecular complexity index is 546. The molecule has 8 heteroatoms. The van der Waals surface area contributed by atoms with Gasteiger partial charge in [0.05, 0.1) is 10.7 Å². The van der Waals surface area contributed by atoms with Gasteiger partial charge in [-0.3, -0.25) is 0 Å². The third kappa shape index (κ3) is 3.52. The number of rotatable bonds is 6. The van der Waals surface area contributed by atoms with Crippen molar-refractivity contribution in [3.63, 3.8) is 0 Å². The highest BCUT2D eigenvalue weighted by Gasteiger charge is 2.29. The van der Waals surface area contributed by atoms with Crippen molar-refractivity contribution in [3.8, 4) is 0 Å². The van der Waals surface area contributed by atoms with Gasteiger partial charge in [0, 0.05) is 11.6 Å². The third-order valence-electron chi connectivity index (χ3n) is 2.93. The number of nitrogens with one attached hydrogen (secondary N) is 1. The summed E-state index contributed by atoms with van der Waals surface area (Å²) >= 11 is 4.80. The molecule has 0 aliphatic heterocycles. The van der Waals surface area contributed by atoms with E-state index in [2.05, 4.69) is 9.88 Å². The van der Waals surface area contributed by atoms with Gasteiger partial charge in [-0.25, -0.2) is 13.1 Å². The lowest BCUT2D eigenvalue weighted by molar-refractivity contribution is 0.391. The van der Waals surface area contributed by atoms with Crippen LogP contribution in [0.5, 0.6) is 0 Å². The lowest BCUT2D eigenvalue weighted by atomic mass is 10.1. The summed E-state index contributed by atoms with van der Waals surface area (Å²) in [5.41, 5.74) is 6.87. The Morgan fingerprint density at radius 3 is 2.47 bits per heavy atom. The Balaban J connectivity index is 2.99. The van der Waals surface area contributed by atoms with E-state index in [9.17, 15) is 8.42 Å². The summed E-state index contributed by atoms with van der Waals surface area (Å²) < 4.78 is 32.0. The van der Waals surface area contributed by atoms with Crippen molar-refractivity contribution >= 4 is 27.2 Å². The third-order valence-corrected chi connectivity index (χ3v) is 5.38. The van der Waals surface area contributed by atoms with Gasteiger partial charge < -0.3 is 10.3 Å². The van der Waals surface area contributed by atoms with Crippen LogP contribution in [0.4, 0.5) is 0 Å². The maximum absolute atomic E-state index is 12.2. The number of aromatic nitrogens is 1. The quantitative estimate of drug-likeness (QED) is 0.770. The van der Waals surface area contributed by atoms with Crippen LogP contribution in [-0.4, -0.2) is 23.8 Å². The standard InChI is InChI=1S/C11H19N3O3S2/c1-5-9(11(12)18)19(15,16)14-7(3)10-6(2)13-17-8(10)4/h7,9,14H,5H2,1-4H3,(H2,12,18). The van der Waals surface area contributed by atoms with Gasteiger partial charge in [0.2, 0.25) is 10.0 Å². The largest absolute Gasteiger partial charge is 0.392 e. The highest BCUT2D eigenvalue weighted by Crippen LogP contribution is 2.22. The molecule has 2 unspecified atom stereocenters. The lowest BCUT2D eigenvalue weighted by Crippen LogP contribution is -2.42. The molecule has 1 heterocycles. The first kappa shape index (κ1) is 16.1. The molecule has 0 fully saturated rings. The Morgan fingerprint density at radius 2 is 2.11 bits per heavy atom. The zero-order valence-corrected chi connectivity index (χ0v) is 13.1. The van der Waals surface area contributed by atoms with E-state index in [1.54, 1.807) is 27.7 Å². The first-order chi connectivity index (χ1) is 8.70. The van der Waals surface area contributed by atoms with E-state index < -0.39 is 21.3 Å². The molecule has 0 bridgehead atoms. The first-order valence-corrected chi connectivity index (χ1v) is 7.89. The average Bonchev–Trinajstić information content (AvgIpc) is 2.57. The van der Waals surface area contributed by atoms with Crippen LogP contribution in [-0.2, 0) is 10.0 Å². The van der Waals surface area contributed by atoms with Gasteiger partial charge in [-0.2, -0.15) is 0 Å². The van der Waals surface area contributed by atoms with Gasteiger partial charge in [0.25, 0.3) is 0 Å². The maximum Gasteiger partial charge on any atom is 0.221 e. The van der Waals surface area contributed by atoms with E-state index in [-0.39, 0.29) is 4.99 Å². The van der Waals surface area contributed by atoms with Gasteiger partial charge in [0.1, 0.15) is 11.0 Å². The van der Waals surface area contributed by atoms with Gasteiger partial charge in [-0.05, 0) is 27.2 Å². The van der Waals surface area contributed by atoms with Crippen LogP contribution < -0.4 is 10.5 Å². The molecule has 19 heavy (non-hydrogen) atoms. The monoisotopic (exact) mass is 305 g/mol. The molecular weight excluding hydrogens is 286 g/mol. The van der Waals surface area contributed by atoms with Crippen molar-refractivity contribution in [2.45, 2.75) is 45.4 Å². The fourth-order valence-electron chi connectivity index (χ4n) is 2.07. The molecule has 1 aromatic rings. The molecule has 0 saturated carbocycles. The molecule has 0 saturated heterocycles. The summed E-state index contributed by atoms with van der Waals surface area (Å²) in [6.07, 6.45) is 0.332. The topological polar surface area (TPSA) is 98.2 Å². The number of sulfonamides is 1. The van der Waals surface area contributed by atoms with Crippen LogP contribution in [0, 0.1) is 13.8 Å². The predicted molar refractivity (Wildman–Crippen MR) is 77.3 cm³/mol. The van der Waals surface area contributed by atoms with Crippen molar-refractivity contribution in [1.82, 2.24) is 9.88 Å². The maximum atomic E-state index is 12.2. The van der Waals surface area contributed by atoms with Crippen LogP contribution in [0.3, 0.4) is 0 Å². The SMILES string of the molecule is CCC(C(N)=S)S(=O)(=O)NC(C)c1c(C)noc1C. The second-order valence-corrected chi connectivity index (χ2v) is 6.79. The molecule has 0 aromatic carbocycles. The van der Waals surface area contributed by atoms with Gasteiger partial charge in [0.15, 0.2) is 0 Å². The number of thiocarbonyl (C=S) groups is 1. The number of hydrogen-bond acceptors (Lipinski definition) is 5. The Labute approximate surface area is 118 Å². The number of nitrogens with two attached hydrogens (primary N) is 1. The van der Waals surface area contributed by atoms with Crippen molar-refractivity contribution in [2.75, 3.05) is 0 Å². The summed E-state index contributed by atoms with van der Waals surface area (Å²) in [7, 11) is -3.62. The van der Waals surface area contributed by atoms with E-state index in [1.807, 2.05) is 0 Å². The van der Waals surface area contributed by atoms with Crippen LogP contribution >= 0.6 is 12.2 Å². The summed E-state index contributed by atoms with van der Waals surface area (Å²) in [6.45, 7) is 6.96. The van der Waals surface area contributed by atoms with Crippen LogP contribution in [0.1, 0.15) is 43.3 Å². The Hall–Kier alpha value is -0.990. The molecule has 0 aliphatic rings. The van der Waals surface area contributed by atoms with E-state index >= 15 is 0 Å². The zero-order chi connectivity index (χ0) is 14.8. The summed E-state index contributed by atoms with van der Waals surface area (Å²) in [4.78, 5) is -0.0269. The highest BCUT2D eigenvalue weighted by molar-refractivity contribution is 7.93. The van der Waals surface area contributed by atoms with E-state index in [1.165, 1.54) is 0 Å². The second-order valence-electron chi connectivity index (χ2n) is 4.42. The fraction of sp³-hybridized carbons (Fsp3) is 0.636. The summed E-state index contributed by atoms with van der Waals surface area (Å²) in [6, 6.07) is -0.445. The Morgan fingerprint density at radius 1 is 1.53 bits per heavy atom. The normalized spacial score (nSPS) is 15.2. The molecule has 2 atom stereocenters. The summed E-state index contributed by atoms with van der Waals surface area (Å²) in [5, 5.41) is 2.94. The van der Waals surface area contributed by atoms with Gasteiger partial charge in [-0.1, -0.05) is 24.3 Å². The molecular formula is C11H19N3O3S2. The fourth-order valence-corrected chi connectivity index (χ4v) is 4.14. The minimum atomic E-state index is -3.62. The van der Waals surface area contributed by atoms with Crippen molar-refractivity contribution in [3.05, 3.63) is 17.0 Å². The predicted octanol–water partition coefficient (Wildman–Crippen LogP) is 1.34. The highest BCUT2D eigenvalue weighted by atomic mass is 32.2. The van der Waals surface area contributed by atoms with E-state index in [4.69, 9.17) is 22.5 Å². The van der Waals surface area contributed by atoms with Crippen LogP contribution in [0.25, 0.3) is 0 Å². The Kier molecular flexibility index (Phi) is 5.05. The molecule has 108 valence electrons. The lowest BCUT2D eigenvalue weighted by Gasteiger charge is -2.19. The number of nitrogens with zero attached hydrogens (tertiary/aromatic N) is 1. The van der Waals surface area contributed by atoms with E-state index in [0.29, 0.717) is 17.9 Å². The molecule has 3 N–H and O–H groups in total. The molecule has 0 amide bonds. The molecule has 0 aliphatic carbocycles. The molecule has 1 rings (SSSR count). The minimum absolute atomic E-state index is 0.0269. The second kappa shape index (κ2) is 5.98. The van der Waals surface area contributed by atoms with Crippen LogP contribution in [0.2, 0.25) is 0 Å². The van der Waals surface area contributed by atoms with Crippen molar-refractivity contribution in [2.24, 2.45) is 5.73 Å².